The first-order valence-corrected chi connectivity index (χ1v) is 9.66. The van der Waals surface area contributed by atoms with Crippen LogP contribution in [0.2, 0.25) is 0 Å². The fraction of sp³-hybridized carbons (Fsp3) is 0.211. The zero-order valence-electron chi connectivity index (χ0n) is 14.1. The molecular formula is C19H19NO4S. The molecule has 0 atom stereocenters. The van der Waals surface area contributed by atoms with Crippen LogP contribution < -0.4 is 10.2 Å². The summed E-state index contributed by atoms with van der Waals surface area (Å²) in [7, 11) is -3.34. The molecule has 0 spiro atoms. The Bertz CT molecular complexity index is 1070. The molecule has 1 N–H and O–H groups in total. The second-order valence-electron chi connectivity index (χ2n) is 5.77. The van der Waals surface area contributed by atoms with E-state index in [2.05, 4.69) is 4.72 Å². The maximum absolute atomic E-state index is 12.7. The largest absolute Gasteiger partial charge is 0.455 e. The number of hydrogen-bond donors (Lipinski definition) is 1. The van der Waals surface area contributed by atoms with Crippen LogP contribution in [-0.4, -0.2) is 14.2 Å². The van der Waals surface area contributed by atoms with Gasteiger partial charge in [0.25, 0.3) is 0 Å². The van der Waals surface area contributed by atoms with Gasteiger partial charge in [-0.2, -0.15) is 0 Å². The van der Waals surface area contributed by atoms with Crippen molar-refractivity contribution in [1.29, 1.82) is 0 Å². The lowest BCUT2D eigenvalue weighted by Crippen LogP contribution is -2.25. The molecule has 0 fully saturated rings. The van der Waals surface area contributed by atoms with Crippen molar-refractivity contribution in [3.05, 3.63) is 69.9 Å². The summed E-state index contributed by atoms with van der Waals surface area (Å²) >= 11 is 0. The van der Waals surface area contributed by atoms with E-state index in [1.54, 1.807) is 32.0 Å². The van der Waals surface area contributed by atoms with E-state index in [0.29, 0.717) is 27.9 Å². The van der Waals surface area contributed by atoms with Gasteiger partial charge in [0.05, 0.1) is 11.1 Å². The summed E-state index contributed by atoms with van der Waals surface area (Å²) in [6, 6.07) is 14.6. The third kappa shape index (κ3) is 3.50. The highest BCUT2D eigenvalue weighted by molar-refractivity contribution is 7.89. The first kappa shape index (κ1) is 17.4. The van der Waals surface area contributed by atoms with Crippen molar-refractivity contribution >= 4 is 21.0 Å². The smallest absolute Gasteiger partial charge is 0.211 e. The van der Waals surface area contributed by atoms with Gasteiger partial charge in [-0.05, 0) is 19.9 Å². The van der Waals surface area contributed by atoms with E-state index in [0.717, 1.165) is 5.56 Å². The van der Waals surface area contributed by atoms with Crippen LogP contribution in [0, 0.1) is 6.92 Å². The summed E-state index contributed by atoms with van der Waals surface area (Å²) in [6.07, 6.45) is 0. The molecule has 2 aromatic carbocycles. The standard InChI is InChI=1S/C19H19NO4S/c1-3-25(22,23)20-12-15-10-7-11-16-17(21)13(2)18(24-19(15)16)14-8-5-4-6-9-14/h4-11,20H,3,12H2,1-2H3. The quantitative estimate of drug-likeness (QED) is 0.761. The van der Waals surface area contributed by atoms with Gasteiger partial charge in [0.2, 0.25) is 10.0 Å². The summed E-state index contributed by atoms with van der Waals surface area (Å²) in [5, 5.41) is 0.449. The summed E-state index contributed by atoms with van der Waals surface area (Å²) in [5.74, 6) is 0.500. The average Bonchev–Trinajstić information content (AvgIpc) is 2.63. The highest BCUT2D eigenvalue weighted by atomic mass is 32.2. The van der Waals surface area contributed by atoms with Crippen LogP contribution in [0.5, 0.6) is 0 Å². The number of benzene rings is 2. The highest BCUT2D eigenvalue weighted by Crippen LogP contribution is 2.27. The summed E-state index contributed by atoms with van der Waals surface area (Å²) in [4.78, 5) is 12.7. The molecule has 0 saturated heterocycles. The Morgan fingerprint density at radius 3 is 2.44 bits per heavy atom. The lowest BCUT2D eigenvalue weighted by molar-refractivity contribution is 0.580. The van der Waals surface area contributed by atoms with E-state index in [1.165, 1.54) is 0 Å². The van der Waals surface area contributed by atoms with Gasteiger partial charge in [-0.3, -0.25) is 4.79 Å². The molecule has 1 heterocycles. The third-order valence-electron chi connectivity index (χ3n) is 4.13. The van der Waals surface area contributed by atoms with Gasteiger partial charge < -0.3 is 4.42 Å². The van der Waals surface area contributed by atoms with E-state index in [-0.39, 0.29) is 17.7 Å². The molecule has 3 rings (SSSR count). The van der Waals surface area contributed by atoms with Crippen molar-refractivity contribution in [3.8, 4) is 11.3 Å². The van der Waals surface area contributed by atoms with Gasteiger partial charge >= 0.3 is 0 Å². The Kier molecular flexibility index (Phi) is 4.74. The molecule has 1 aromatic heterocycles. The molecule has 0 unspecified atom stereocenters. The van der Waals surface area contributed by atoms with Crippen LogP contribution >= 0.6 is 0 Å². The van der Waals surface area contributed by atoms with Crippen molar-refractivity contribution in [2.24, 2.45) is 0 Å². The number of para-hydroxylation sites is 1. The van der Waals surface area contributed by atoms with Crippen molar-refractivity contribution in [3.63, 3.8) is 0 Å². The zero-order valence-corrected chi connectivity index (χ0v) is 14.9. The number of nitrogens with one attached hydrogen (secondary N) is 1. The Balaban J connectivity index is 2.18. The number of hydrogen-bond acceptors (Lipinski definition) is 4. The van der Waals surface area contributed by atoms with Crippen LogP contribution in [0.25, 0.3) is 22.3 Å². The molecule has 3 aromatic rings. The Labute approximate surface area is 146 Å². The third-order valence-corrected chi connectivity index (χ3v) is 5.47. The fourth-order valence-electron chi connectivity index (χ4n) is 2.66. The second-order valence-corrected chi connectivity index (χ2v) is 7.87. The van der Waals surface area contributed by atoms with Crippen molar-refractivity contribution in [2.45, 2.75) is 20.4 Å². The van der Waals surface area contributed by atoms with Gasteiger partial charge in [0.15, 0.2) is 5.43 Å². The summed E-state index contributed by atoms with van der Waals surface area (Å²) in [5.41, 5.74) is 2.27. The normalized spacial score (nSPS) is 11.8. The predicted octanol–water partition coefficient (Wildman–Crippen LogP) is 3.21. The van der Waals surface area contributed by atoms with E-state index >= 15 is 0 Å². The molecular weight excluding hydrogens is 338 g/mol. The van der Waals surface area contributed by atoms with Gasteiger partial charge in [-0.25, -0.2) is 13.1 Å². The maximum Gasteiger partial charge on any atom is 0.211 e. The molecule has 0 aliphatic heterocycles. The molecule has 0 amide bonds. The van der Waals surface area contributed by atoms with E-state index in [1.807, 2.05) is 30.3 Å². The number of fused-ring (bicyclic) bond motifs is 1. The van der Waals surface area contributed by atoms with Crippen LogP contribution in [0.3, 0.4) is 0 Å². The zero-order chi connectivity index (χ0) is 18.0. The topological polar surface area (TPSA) is 76.4 Å². The van der Waals surface area contributed by atoms with Crippen molar-refractivity contribution in [2.75, 3.05) is 5.75 Å². The Morgan fingerprint density at radius 2 is 1.76 bits per heavy atom. The molecule has 0 saturated carbocycles. The van der Waals surface area contributed by atoms with Crippen LogP contribution in [0.4, 0.5) is 0 Å². The fourth-order valence-corrected chi connectivity index (χ4v) is 3.24. The SMILES string of the molecule is CCS(=O)(=O)NCc1cccc2c(=O)c(C)c(-c3ccccc3)oc12. The minimum absolute atomic E-state index is 0.00388. The van der Waals surface area contributed by atoms with Crippen molar-refractivity contribution < 1.29 is 12.8 Å². The van der Waals surface area contributed by atoms with Gasteiger partial charge in [0, 0.05) is 23.2 Å². The summed E-state index contributed by atoms with van der Waals surface area (Å²) < 4.78 is 32.0. The first-order valence-electron chi connectivity index (χ1n) is 8.01. The monoisotopic (exact) mass is 357 g/mol. The molecule has 0 aliphatic carbocycles. The van der Waals surface area contributed by atoms with Crippen LogP contribution in [-0.2, 0) is 16.6 Å². The Hall–Kier alpha value is -2.44. The van der Waals surface area contributed by atoms with Gasteiger partial charge in [-0.1, -0.05) is 42.5 Å². The molecule has 0 bridgehead atoms. The second kappa shape index (κ2) is 6.82. The van der Waals surface area contributed by atoms with Gasteiger partial charge in [-0.15, -0.1) is 0 Å². The van der Waals surface area contributed by atoms with Crippen LogP contribution in [0.1, 0.15) is 18.1 Å². The molecule has 25 heavy (non-hydrogen) atoms. The highest BCUT2D eigenvalue weighted by Gasteiger charge is 2.16. The molecule has 130 valence electrons. The van der Waals surface area contributed by atoms with E-state index < -0.39 is 10.0 Å². The van der Waals surface area contributed by atoms with Crippen LogP contribution in [0.15, 0.2) is 57.7 Å². The molecule has 6 heteroatoms. The first-order chi connectivity index (χ1) is 11.9. The van der Waals surface area contributed by atoms with E-state index in [9.17, 15) is 13.2 Å². The lowest BCUT2D eigenvalue weighted by Gasteiger charge is -2.11. The molecule has 5 nitrogen and oxygen atoms in total. The van der Waals surface area contributed by atoms with Crippen molar-refractivity contribution in [1.82, 2.24) is 4.72 Å². The average molecular weight is 357 g/mol. The predicted molar refractivity (Wildman–Crippen MR) is 99.0 cm³/mol. The lowest BCUT2D eigenvalue weighted by atomic mass is 10.0. The summed E-state index contributed by atoms with van der Waals surface area (Å²) in [6.45, 7) is 3.39. The molecule has 0 radical (unpaired) electrons. The Morgan fingerprint density at radius 1 is 1.04 bits per heavy atom. The minimum atomic E-state index is -3.34. The number of sulfonamides is 1. The number of rotatable bonds is 5. The minimum Gasteiger partial charge on any atom is -0.455 e. The maximum atomic E-state index is 12.7. The molecule has 0 aliphatic rings. The van der Waals surface area contributed by atoms with E-state index in [4.69, 9.17) is 4.42 Å². The van der Waals surface area contributed by atoms with Gasteiger partial charge in [0.1, 0.15) is 11.3 Å².